The maximum atomic E-state index is 10.5. The van der Waals surface area contributed by atoms with Gasteiger partial charge in [0.1, 0.15) is 6.61 Å². The lowest BCUT2D eigenvalue weighted by Gasteiger charge is -2.44. The Morgan fingerprint density at radius 2 is 2.19 bits per heavy atom. The Morgan fingerprint density at radius 1 is 1.38 bits per heavy atom. The summed E-state index contributed by atoms with van der Waals surface area (Å²) in [5, 5.41) is 8.67. The number of carbonyl (C=O) groups is 1. The molecule has 1 spiro atoms. The van der Waals surface area contributed by atoms with Crippen LogP contribution in [0.3, 0.4) is 0 Å². The molecule has 3 fully saturated rings. The Kier molecular flexibility index (Phi) is 5.09. The summed E-state index contributed by atoms with van der Waals surface area (Å²) in [6, 6.07) is 0.637. The molecule has 21 heavy (non-hydrogen) atoms. The van der Waals surface area contributed by atoms with E-state index in [1.807, 2.05) is 11.8 Å². The highest BCUT2D eigenvalue weighted by Crippen LogP contribution is 2.40. The molecule has 3 aliphatic rings. The molecule has 0 aliphatic carbocycles. The average Bonchev–Trinajstić information content (AvgIpc) is 2.93. The SMILES string of the molecule is O=C(O)COC1CCN(C2CCOC3(CCSC3)C2)CC1. The van der Waals surface area contributed by atoms with Crippen LogP contribution in [0.5, 0.6) is 0 Å². The molecule has 3 saturated heterocycles. The molecule has 2 unspecified atom stereocenters. The summed E-state index contributed by atoms with van der Waals surface area (Å²) in [7, 11) is 0. The minimum Gasteiger partial charge on any atom is -0.480 e. The average molecular weight is 315 g/mol. The van der Waals surface area contributed by atoms with Crippen LogP contribution in [-0.2, 0) is 14.3 Å². The predicted octanol–water partition coefficient (Wildman–Crippen LogP) is 1.61. The zero-order chi connectivity index (χ0) is 14.7. The van der Waals surface area contributed by atoms with Crippen LogP contribution in [0.2, 0.25) is 0 Å². The zero-order valence-electron chi connectivity index (χ0n) is 12.5. The number of rotatable bonds is 4. The van der Waals surface area contributed by atoms with Crippen molar-refractivity contribution >= 4 is 17.7 Å². The fourth-order valence-electron chi connectivity index (χ4n) is 3.77. The molecule has 6 heteroatoms. The lowest BCUT2D eigenvalue weighted by atomic mass is 9.88. The molecule has 3 rings (SSSR count). The Balaban J connectivity index is 1.46. The second-order valence-electron chi connectivity index (χ2n) is 6.42. The van der Waals surface area contributed by atoms with E-state index in [0.717, 1.165) is 44.7 Å². The first-order chi connectivity index (χ1) is 10.2. The molecule has 0 aromatic heterocycles. The van der Waals surface area contributed by atoms with Gasteiger partial charge in [-0.3, -0.25) is 4.90 Å². The van der Waals surface area contributed by atoms with E-state index in [0.29, 0.717) is 6.04 Å². The van der Waals surface area contributed by atoms with E-state index in [-0.39, 0.29) is 18.3 Å². The largest absolute Gasteiger partial charge is 0.480 e. The summed E-state index contributed by atoms with van der Waals surface area (Å²) in [6.45, 7) is 2.78. The van der Waals surface area contributed by atoms with Gasteiger partial charge >= 0.3 is 5.97 Å². The second-order valence-corrected chi connectivity index (χ2v) is 7.53. The highest BCUT2D eigenvalue weighted by Gasteiger charge is 2.42. The van der Waals surface area contributed by atoms with Crippen molar-refractivity contribution in [2.24, 2.45) is 0 Å². The van der Waals surface area contributed by atoms with Gasteiger partial charge in [0.15, 0.2) is 0 Å². The van der Waals surface area contributed by atoms with E-state index < -0.39 is 5.97 Å². The van der Waals surface area contributed by atoms with Crippen LogP contribution in [0, 0.1) is 0 Å². The Labute approximate surface area is 130 Å². The van der Waals surface area contributed by atoms with E-state index in [4.69, 9.17) is 14.6 Å². The Morgan fingerprint density at radius 3 is 2.86 bits per heavy atom. The third-order valence-corrected chi connectivity index (χ3v) is 6.19. The van der Waals surface area contributed by atoms with E-state index in [9.17, 15) is 4.79 Å². The van der Waals surface area contributed by atoms with Crippen molar-refractivity contribution in [1.29, 1.82) is 0 Å². The molecule has 0 radical (unpaired) electrons. The molecular formula is C15H25NO4S. The number of ether oxygens (including phenoxy) is 2. The van der Waals surface area contributed by atoms with Crippen molar-refractivity contribution in [3.63, 3.8) is 0 Å². The first-order valence-corrected chi connectivity index (χ1v) is 9.11. The maximum Gasteiger partial charge on any atom is 0.329 e. The molecule has 3 aliphatic heterocycles. The number of aliphatic carboxylic acids is 1. The molecule has 0 aromatic carbocycles. The van der Waals surface area contributed by atoms with E-state index >= 15 is 0 Å². The van der Waals surface area contributed by atoms with Gasteiger partial charge in [-0.25, -0.2) is 4.79 Å². The number of carboxylic acids is 1. The summed E-state index contributed by atoms with van der Waals surface area (Å²) in [4.78, 5) is 13.1. The van der Waals surface area contributed by atoms with Crippen molar-refractivity contribution < 1.29 is 19.4 Å². The van der Waals surface area contributed by atoms with Gasteiger partial charge < -0.3 is 14.6 Å². The maximum absolute atomic E-state index is 10.5. The molecule has 0 aromatic rings. The lowest BCUT2D eigenvalue weighted by molar-refractivity contribution is -0.146. The number of likely N-dealkylation sites (tertiary alicyclic amines) is 1. The van der Waals surface area contributed by atoms with E-state index in [1.54, 1.807) is 0 Å². The van der Waals surface area contributed by atoms with Gasteiger partial charge in [0.2, 0.25) is 0 Å². The number of nitrogens with zero attached hydrogens (tertiary/aromatic N) is 1. The van der Waals surface area contributed by atoms with Crippen LogP contribution in [0.1, 0.15) is 32.1 Å². The first kappa shape index (κ1) is 15.6. The zero-order valence-corrected chi connectivity index (χ0v) is 13.3. The molecule has 0 amide bonds. The van der Waals surface area contributed by atoms with E-state index in [1.165, 1.54) is 18.6 Å². The summed E-state index contributed by atoms with van der Waals surface area (Å²) >= 11 is 2.02. The Bertz CT molecular complexity index is 365. The van der Waals surface area contributed by atoms with Crippen LogP contribution in [0.4, 0.5) is 0 Å². The predicted molar refractivity (Wildman–Crippen MR) is 81.8 cm³/mol. The quantitative estimate of drug-likeness (QED) is 0.850. The fraction of sp³-hybridized carbons (Fsp3) is 0.933. The third-order valence-electron chi connectivity index (χ3n) is 4.97. The molecular weight excluding hydrogens is 290 g/mol. The summed E-state index contributed by atoms with van der Waals surface area (Å²) in [5.74, 6) is 1.52. The molecule has 0 bridgehead atoms. The van der Waals surface area contributed by atoms with Gasteiger partial charge in [-0.2, -0.15) is 11.8 Å². The minimum atomic E-state index is -0.873. The van der Waals surface area contributed by atoms with Crippen molar-refractivity contribution in [3.8, 4) is 0 Å². The topological polar surface area (TPSA) is 59.0 Å². The summed E-state index contributed by atoms with van der Waals surface area (Å²) in [6.07, 6.45) is 5.52. The van der Waals surface area contributed by atoms with Crippen LogP contribution >= 0.6 is 11.8 Å². The van der Waals surface area contributed by atoms with Gasteiger partial charge in [0.25, 0.3) is 0 Å². The van der Waals surface area contributed by atoms with Crippen molar-refractivity contribution in [1.82, 2.24) is 4.90 Å². The highest BCUT2D eigenvalue weighted by atomic mass is 32.2. The monoisotopic (exact) mass is 315 g/mol. The van der Waals surface area contributed by atoms with Crippen LogP contribution < -0.4 is 0 Å². The van der Waals surface area contributed by atoms with E-state index in [2.05, 4.69) is 4.90 Å². The van der Waals surface area contributed by atoms with Gasteiger partial charge in [-0.1, -0.05) is 0 Å². The fourth-order valence-corrected chi connectivity index (χ4v) is 5.15. The molecule has 2 atom stereocenters. The molecule has 120 valence electrons. The van der Waals surface area contributed by atoms with Crippen molar-refractivity contribution in [2.75, 3.05) is 37.8 Å². The minimum absolute atomic E-state index is 0.119. The normalized spacial score (nSPS) is 35.3. The first-order valence-electron chi connectivity index (χ1n) is 7.96. The number of thioether (sulfide) groups is 1. The third kappa shape index (κ3) is 3.92. The lowest BCUT2D eigenvalue weighted by Crippen LogP contribution is -2.51. The smallest absolute Gasteiger partial charge is 0.329 e. The number of piperidine rings is 1. The summed E-state index contributed by atoms with van der Waals surface area (Å²) < 4.78 is 11.5. The van der Waals surface area contributed by atoms with Gasteiger partial charge in [0.05, 0.1) is 11.7 Å². The van der Waals surface area contributed by atoms with Crippen LogP contribution in [-0.4, -0.2) is 71.5 Å². The van der Waals surface area contributed by atoms with Crippen molar-refractivity contribution in [2.45, 2.75) is 49.9 Å². The number of hydrogen-bond acceptors (Lipinski definition) is 5. The second kappa shape index (κ2) is 6.86. The molecule has 5 nitrogen and oxygen atoms in total. The van der Waals surface area contributed by atoms with Crippen molar-refractivity contribution in [3.05, 3.63) is 0 Å². The molecule has 1 N–H and O–H groups in total. The summed E-state index contributed by atoms with van der Waals surface area (Å²) in [5.41, 5.74) is 0.143. The van der Waals surface area contributed by atoms with Gasteiger partial charge in [-0.05, 0) is 37.9 Å². The highest BCUT2D eigenvalue weighted by molar-refractivity contribution is 7.99. The Hall–Kier alpha value is -0.300. The number of hydrogen-bond donors (Lipinski definition) is 1. The standard InChI is InChI=1S/C15H25NO4S/c17-14(18)10-19-13-1-5-16(6-2-13)12-3-7-20-15(9-12)4-8-21-11-15/h12-13H,1-11H2,(H,17,18). The molecule has 0 saturated carbocycles. The van der Waals surface area contributed by atoms with Crippen LogP contribution in [0.15, 0.2) is 0 Å². The van der Waals surface area contributed by atoms with Gasteiger partial charge in [0, 0.05) is 31.5 Å². The van der Waals surface area contributed by atoms with Gasteiger partial charge in [-0.15, -0.1) is 0 Å². The van der Waals surface area contributed by atoms with Crippen LogP contribution in [0.25, 0.3) is 0 Å². The molecule has 3 heterocycles. The number of carboxylic acid groups (broad SMARTS) is 1.